The van der Waals surface area contributed by atoms with Crippen molar-refractivity contribution < 1.29 is 9.47 Å². The van der Waals surface area contributed by atoms with Gasteiger partial charge in [-0.05, 0) is 22.0 Å². The fourth-order valence-electron chi connectivity index (χ4n) is 1.62. The summed E-state index contributed by atoms with van der Waals surface area (Å²) in [5, 5.41) is 0. The van der Waals surface area contributed by atoms with E-state index in [0.717, 1.165) is 28.8 Å². The molecule has 3 nitrogen and oxygen atoms in total. The summed E-state index contributed by atoms with van der Waals surface area (Å²) in [6.07, 6.45) is 1.11. The highest BCUT2D eigenvalue weighted by molar-refractivity contribution is 9.10. The molecule has 1 aromatic carbocycles. The first-order valence-corrected chi connectivity index (χ1v) is 5.82. The van der Waals surface area contributed by atoms with Gasteiger partial charge in [0, 0.05) is 18.5 Å². The van der Waals surface area contributed by atoms with Crippen LogP contribution < -0.4 is 10.5 Å². The van der Waals surface area contributed by atoms with Gasteiger partial charge < -0.3 is 15.2 Å². The largest absolute Gasteiger partial charge is 0.486 e. The second-order valence-corrected chi connectivity index (χ2v) is 4.39. The maximum atomic E-state index is 5.88. The van der Waals surface area contributed by atoms with Crippen molar-refractivity contribution >= 4 is 15.9 Å². The van der Waals surface area contributed by atoms with Gasteiger partial charge in [0.05, 0.1) is 17.7 Å². The molecular weight excluding hydrogens is 258 g/mol. The van der Waals surface area contributed by atoms with Gasteiger partial charge in [0.2, 0.25) is 0 Å². The molecule has 1 aromatic rings. The van der Waals surface area contributed by atoms with Crippen molar-refractivity contribution in [2.45, 2.75) is 19.1 Å². The quantitative estimate of drug-likeness (QED) is 0.916. The van der Waals surface area contributed by atoms with E-state index in [1.54, 1.807) is 0 Å². The number of ether oxygens (including phenoxy) is 2. The van der Waals surface area contributed by atoms with Gasteiger partial charge in [0.25, 0.3) is 0 Å². The molecule has 0 amide bonds. The highest BCUT2D eigenvalue weighted by atomic mass is 79.9. The van der Waals surface area contributed by atoms with Gasteiger partial charge in [-0.25, -0.2) is 0 Å². The molecule has 0 bridgehead atoms. The van der Waals surface area contributed by atoms with E-state index in [4.69, 9.17) is 15.2 Å². The third-order valence-corrected chi connectivity index (χ3v) is 3.07. The molecule has 1 atom stereocenters. The molecule has 4 heteroatoms. The summed E-state index contributed by atoms with van der Waals surface area (Å²) < 4.78 is 12.1. The molecule has 82 valence electrons. The Morgan fingerprint density at radius 2 is 2.40 bits per heavy atom. The van der Waals surface area contributed by atoms with Crippen LogP contribution in [0.25, 0.3) is 0 Å². The third-order valence-electron chi connectivity index (χ3n) is 2.44. The molecule has 0 spiro atoms. The zero-order chi connectivity index (χ0) is 10.7. The van der Waals surface area contributed by atoms with Crippen molar-refractivity contribution in [3.63, 3.8) is 0 Å². The van der Waals surface area contributed by atoms with Crippen LogP contribution in [0.1, 0.15) is 12.0 Å². The molecule has 0 aromatic heterocycles. The molecule has 2 N–H and O–H groups in total. The fourth-order valence-corrected chi connectivity index (χ4v) is 2.12. The van der Waals surface area contributed by atoms with Crippen molar-refractivity contribution in [3.8, 4) is 5.75 Å². The fraction of sp³-hybridized carbons (Fsp3) is 0.455. The maximum absolute atomic E-state index is 5.88. The Labute approximate surface area is 97.7 Å². The lowest BCUT2D eigenvalue weighted by molar-refractivity contribution is 0.140. The van der Waals surface area contributed by atoms with Crippen LogP contribution in [0.2, 0.25) is 0 Å². The Balaban J connectivity index is 2.17. The van der Waals surface area contributed by atoms with E-state index in [2.05, 4.69) is 15.9 Å². The number of benzene rings is 1. The molecule has 0 saturated carbocycles. The summed E-state index contributed by atoms with van der Waals surface area (Å²) in [6.45, 7) is 1.95. The predicted molar refractivity (Wildman–Crippen MR) is 61.9 cm³/mol. The van der Waals surface area contributed by atoms with Crippen molar-refractivity contribution in [1.82, 2.24) is 0 Å². The lowest BCUT2D eigenvalue weighted by atomic mass is 10.2. The summed E-state index contributed by atoms with van der Waals surface area (Å²) in [5.74, 6) is 0.857. The second-order valence-electron chi connectivity index (χ2n) is 3.54. The van der Waals surface area contributed by atoms with E-state index in [9.17, 15) is 0 Å². The summed E-state index contributed by atoms with van der Waals surface area (Å²) in [7, 11) is 0. The summed E-state index contributed by atoms with van der Waals surface area (Å²) >= 11 is 3.47. The van der Waals surface area contributed by atoms with Crippen molar-refractivity contribution in [2.24, 2.45) is 5.73 Å². The minimum atomic E-state index is 0.161. The Morgan fingerprint density at radius 3 is 3.07 bits per heavy atom. The molecule has 0 radical (unpaired) electrons. The highest BCUT2D eigenvalue weighted by Gasteiger charge is 2.19. The van der Waals surface area contributed by atoms with E-state index < -0.39 is 0 Å². The van der Waals surface area contributed by atoms with Gasteiger partial charge >= 0.3 is 0 Å². The Kier molecular flexibility index (Phi) is 3.61. The van der Waals surface area contributed by atoms with Crippen LogP contribution in [0.5, 0.6) is 5.75 Å². The minimum Gasteiger partial charge on any atom is -0.486 e. The van der Waals surface area contributed by atoms with Gasteiger partial charge in [-0.2, -0.15) is 0 Å². The van der Waals surface area contributed by atoms with E-state index >= 15 is 0 Å². The monoisotopic (exact) mass is 271 g/mol. The van der Waals surface area contributed by atoms with Crippen LogP contribution in [-0.2, 0) is 11.3 Å². The molecule has 1 unspecified atom stereocenters. The maximum Gasteiger partial charge on any atom is 0.138 e. The Hall–Kier alpha value is -0.580. The minimum absolute atomic E-state index is 0.161. The first kappa shape index (κ1) is 10.9. The van der Waals surface area contributed by atoms with E-state index in [1.807, 2.05) is 18.2 Å². The predicted octanol–water partition coefficient (Wildman–Crippen LogP) is 2.08. The number of hydrogen-bond acceptors (Lipinski definition) is 3. The first-order chi connectivity index (χ1) is 7.31. The van der Waals surface area contributed by atoms with Gasteiger partial charge in [-0.1, -0.05) is 12.1 Å². The molecule has 1 fully saturated rings. The SMILES string of the molecule is NCc1cccc(Br)c1OC1CCOC1. The number of halogens is 1. The topological polar surface area (TPSA) is 44.5 Å². The Morgan fingerprint density at radius 1 is 1.53 bits per heavy atom. The van der Waals surface area contributed by atoms with Crippen LogP contribution in [0.3, 0.4) is 0 Å². The lowest BCUT2D eigenvalue weighted by Gasteiger charge is -2.16. The second kappa shape index (κ2) is 4.96. The van der Waals surface area contributed by atoms with E-state index in [0.29, 0.717) is 13.2 Å². The molecule has 1 heterocycles. The van der Waals surface area contributed by atoms with Crippen LogP contribution >= 0.6 is 15.9 Å². The van der Waals surface area contributed by atoms with E-state index in [-0.39, 0.29) is 6.10 Å². The Bertz CT molecular complexity index is 337. The van der Waals surface area contributed by atoms with Crippen LogP contribution in [0.15, 0.2) is 22.7 Å². The molecule has 0 aliphatic carbocycles. The van der Waals surface area contributed by atoms with Crippen molar-refractivity contribution in [1.29, 1.82) is 0 Å². The first-order valence-electron chi connectivity index (χ1n) is 5.03. The van der Waals surface area contributed by atoms with Gasteiger partial charge in [0.1, 0.15) is 11.9 Å². The van der Waals surface area contributed by atoms with Crippen LogP contribution in [-0.4, -0.2) is 19.3 Å². The number of para-hydroxylation sites is 1. The normalized spacial score (nSPS) is 20.5. The molecule has 1 aliphatic heterocycles. The zero-order valence-electron chi connectivity index (χ0n) is 8.41. The number of hydrogen-bond donors (Lipinski definition) is 1. The number of rotatable bonds is 3. The smallest absolute Gasteiger partial charge is 0.138 e. The average Bonchev–Trinajstić information content (AvgIpc) is 2.74. The molecule has 1 saturated heterocycles. The van der Waals surface area contributed by atoms with Crippen molar-refractivity contribution in [2.75, 3.05) is 13.2 Å². The highest BCUT2D eigenvalue weighted by Crippen LogP contribution is 2.30. The summed E-state index contributed by atoms with van der Waals surface area (Å²) in [4.78, 5) is 0. The van der Waals surface area contributed by atoms with Crippen LogP contribution in [0.4, 0.5) is 0 Å². The van der Waals surface area contributed by atoms with Crippen molar-refractivity contribution in [3.05, 3.63) is 28.2 Å². The summed E-state index contributed by atoms with van der Waals surface area (Å²) in [6, 6.07) is 5.91. The van der Waals surface area contributed by atoms with E-state index in [1.165, 1.54) is 0 Å². The molecular formula is C11H14BrNO2. The summed E-state index contributed by atoms with van der Waals surface area (Å²) in [5.41, 5.74) is 6.69. The van der Waals surface area contributed by atoms with Crippen LogP contribution in [0, 0.1) is 0 Å². The molecule has 1 aliphatic rings. The lowest BCUT2D eigenvalue weighted by Crippen LogP contribution is -2.17. The third kappa shape index (κ3) is 2.51. The number of nitrogens with two attached hydrogens (primary N) is 1. The average molecular weight is 272 g/mol. The van der Waals surface area contributed by atoms with Gasteiger partial charge in [0.15, 0.2) is 0 Å². The van der Waals surface area contributed by atoms with Gasteiger partial charge in [-0.3, -0.25) is 0 Å². The molecule has 2 rings (SSSR count). The standard InChI is InChI=1S/C11H14BrNO2/c12-10-3-1-2-8(6-13)11(10)15-9-4-5-14-7-9/h1-3,9H,4-7,13H2. The molecule has 15 heavy (non-hydrogen) atoms. The van der Waals surface area contributed by atoms with Gasteiger partial charge in [-0.15, -0.1) is 0 Å². The zero-order valence-corrected chi connectivity index (χ0v) is 10.00.